The van der Waals surface area contributed by atoms with Crippen LogP contribution in [-0.4, -0.2) is 22.3 Å². The van der Waals surface area contributed by atoms with Crippen LogP contribution in [0.4, 0.5) is 13.2 Å². The molecule has 0 aromatic carbocycles. The Balaban J connectivity index is 2.05. The molecule has 2 N–H and O–H groups in total. The van der Waals surface area contributed by atoms with Crippen LogP contribution >= 0.6 is 39.0 Å². The molecule has 5 nitrogen and oxygen atoms in total. The van der Waals surface area contributed by atoms with E-state index in [1.807, 2.05) is 0 Å². The molecule has 0 aliphatic rings. The third-order valence-corrected chi connectivity index (χ3v) is 4.69. The Labute approximate surface area is 144 Å². The van der Waals surface area contributed by atoms with Crippen molar-refractivity contribution < 1.29 is 22.8 Å². The van der Waals surface area contributed by atoms with E-state index >= 15 is 0 Å². The third-order valence-electron chi connectivity index (χ3n) is 2.31. The number of alkyl halides is 3. The molecule has 0 fully saturated rings. The molecule has 2 aromatic rings. The molecular formula is C12H7BrF3N3O2S2. The maximum atomic E-state index is 12.4. The molecule has 0 saturated heterocycles. The number of carbonyl (C=O) groups excluding carboxylic acids is 2. The fraction of sp³-hybridized carbons (Fsp3) is 0.0833. The number of rotatable bonds is 3. The van der Waals surface area contributed by atoms with Gasteiger partial charge in [-0.25, -0.2) is 4.98 Å². The van der Waals surface area contributed by atoms with Gasteiger partial charge in [-0.05, 0) is 40.2 Å². The van der Waals surface area contributed by atoms with E-state index in [0.29, 0.717) is 4.88 Å². The van der Waals surface area contributed by atoms with E-state index in [1.165, 1.54) is 18.2 Å². The van der Waals surface area contributed by atoms with Gasteiger partial charge in [0.1, 0.15) is 5.03 Å². The molecule has 0 atom stereocenters. The standard InChI is InChI=1S/C12H7BrF3N3O2S2/c13-8-4-3-7(22-8)10(21)19-18-9(20)6-2-1-5-17-11(6)23-12(14,15)16/h1-5H,(H,18,20)(H,19,21). The number of aromatic nitrogens is 1. The molecule has 0 aliphatic carbocycles. The summed E-state index contributed by atoms with van der Waals surface area (Å²) in [7, 11) is 0. The number of hydrogen-bond donors (Lipinski definition) is 2. The van der Waals surface area contributed by atoms with Crippen LogP contribution < -0.4 is 10.9 Å². The van der Waals surface area contributed by atoms with Crippen LogP contribution in [0.2, 0.25) is 0 Å². The number of thioether (sulfide) groups is 1. The Morgan fingerprint density at radius 1 is 1.17 bits per heavy atom. The minimum absolute atomic E-state index is 0.289. The lowest BCUT2D eigenvalue weighted by Crippen LogP contribution is -2.41. The summed E-state index contributed by atoms with van der Waals surface area (Å²) in [5, 5.41) is -0.495. The summed E-state index contributed by atoms with van der Waals surface area (Å²) in [6.45, 7) is 0. The van der Waals surface area contributed by atoms with Crippen LogP contribution in [0, 0.1) is 0 Å². The number of carbonyl (C=O) groups is 2. The van der Waals surface area contributed by atoms with Gasteiger partial charge in [0.15, 0.2) is 0 Å². The van der Waals surface area contributed by atoms with E-state index in [4.69, 9.17) is 0 Å². The van der Waals surface area contributed by atoms with Crippen molar-refractivity contribution in [1.82, 2.24) is 15.8 Å². The number of halogens is 4. The smallest absolute Gasteiger partial charge is 0.267 e. The average Bonchev–Trinajstić information content (AvgIpc) is 2.90. The molecule has 2 amide bonds. The molecule has 0 spiro atoms. The lowest BCUT2D eigenvalue weighted by atomic mass is 10.3. The zero-order valence-electron chi connectivity index (χ0n) is 11.0. The van der Waals surface area contributed by atoms with Crippen molar-refractivity contribution in [2.75, 3.05) is 0 Å². The molecule has 0 unspecified atom stereocenters. The maximum Gasteiger partial charge on any atom is 0.447 e. The Kier molecular flexibility index (Phi) is 5.65. The van der Waals surface area contributed by atoms with E-state index in [-0.39, 0.29) is 5.56 Å². The molecule has 0 aliphatic heterocycles. The first-order valence-corrected chi connectivity index (χ1v) is 8.25. The summed E-state index contributed by atoms with van der Waals surface area (Å²) >= 11 is 3.83. The van der Waals surface area contributed by atoms with Crippen molar-refractivity contribution in [3.8, 4) is 0 Å². The summed E-state index contributed by atoms with van der Waals surface area (Å²) in [5.74, 6) is -1.48. The lowest BCUT2D eigenvalue weighted by molar-refractivity contribution is -0.0329. The minimum Gasteiger partial charge on any atom is -0.267 e. The molecule has 0 bridgehead atoms. The maximum absolute atomic E-state index is 12.4. The highest BCUT2D eigenvalue weighted by Gasteiger charge is 2.32. The summed E-state index contributed by atoms with van der Waals surface area (Å²) in [5.41, 5.74) is -0.665. The molecular weight excluding hydrogens is 419 g/mol. The number of nitrogens with zero attached hydrogens (tertiary/aromatic N) is 1. The highest BCUT2D eigenvalue weighted by molar-refractivity contribution is 9.11. The fourth-order valence-corrected chi connectivity index (χ4v) is 3.32. The number of thiophene rings is 1. The number of nitrogens with one attached hydrogen (secondary N) is 2. The van der Waals surface area contributed by atoms with Crippen LogP contribution in [0.1, 0.15) is 20.0 Å². The van der Waals surface area contributed by atoms with Crippen molar-refractivity contribution in [3.05, 3.63) is 44.7 Å². The van der Waals surface area contributed by atoms with Gasteiger partial charge in [0.05, 0.1) is 14.2 Å². The first-order chi connectivity index (χ1) is 10.8. The van der Waals surface area contributed by atoms with Crippen LogP contribution in [-0.2, 0) is 0 Å². The fourth-order valence-electron chi connectivity index (χ4n) is 1.43. The van der Waals surface area contributed by atoms with Gasteiger partial charge in [-0.3, -0.25) is 20.4 Å². The summed E-state index contributed by atoms with van der Waals surface area (Å²) in [6.07, 6.45) is 1.15. The largest absolute Gasteiger partial charge is 0.447 e. The van der Waals surface area contributed by atoms with Gasteiger partial charge in [0, 0.05) is 18.0 Å². The van der Waals surface area contributed by atoms with Gasteiger partial charge >= 0.3 is 5.51 Å². The Morgan fingerprint density at radius 3 is 2.48 bits per heavy atom. The van der Waals surface area contributed by atoms with Gasteiger partial charge in [-0.2, -0.15) is 13.2 Å². The summed E-state index contributed by atoms with van der Waals surface area (Å²) in [4.78, 5) is 27.6. The number of hydrazine groups is 1. The highest BCUT2D eigenvalue weighted by Crippen LogP contribution is 2.37. The number of amides is 2. The van der Waals surface area contributed by atoms with Crippen molar-refractivity contribution in [1.29, 1.82) is 0 Å². The van der Waals surface area contributed by atoms with Crippen molar-refractivity contribution in [2.45, 2.75) is 10.5 Å². The van der Waals surface area contributed by atoms with E-state index in [0.717, 1.165) is 21.3 Å². The molecule has 0 radical (unpaired) electrons. The molecule has 2 heterocycles. The second-order valence-electron chi connectivity index (χ2n) is 3.92. The van der Waals surface area contributed by atoms with Crippen LogP contribution in [0.15, 0.2) is 39.3 Å². The molecule has 23 heavy (non-hydrogen) atoms. The Hall–Kier alpha value is -1.59. The Morgan fingerprint density at radius 2 is 1.87 bits per heavy atom. The van der Waals surface area contributed by atoms with Gasteiger partial charge in [0.2, 0.25) is 0 Å². The highest BCUT2D eigenvalue weighted by atomic mass is 79.9. The zero-order chi connectivity index (χ0) is 17.0. The summed E-state index contributed by atoms with van der Waals surface area (Å²) < 4.78 is 38.0. The molecule has 11 heteroatoms. The van der Waals surface area contributed by atoms with Gasteiger partial charge in [0.25, 0.3) is 11.8 Å². The number of pyridine rings is 1. The zero-order valence-corrected chi connectivity index (χ0v) is 14.2. The predicted octanol–water partition coefficient (Wildman–Crippen LogP) is 3.59. The van der Waals surface area contributed by atoms with Gasteiger partial charge in [-0.15, -0.1) is 11.3 Å². The Bertz CT molecular complexity index is 736. The van der Waals surface area contributed by atoms with Crippen molar-refractivity contribution in [2.24, 2.45) is 0 Å². The third kappa shape index (κ3) is 5.22. The first-order valence-electron chi connectivity index (χ1n) is 5.83. The van der Waals surface area contributed by atoms with Crippen molar-refractivity contribution in [3.63, 3.8) is 0 Å². The predicted molar refractivity (Wildman–Crippen MR) is 83.1 cm³/mol. The van der Waals surface area contributed by atoms with E-state index in [9.17, 15) is 22.8 Å². The van der Waals surface area contributed by atoms with E-state index in [2.05, 4.69) is 31.8 Å². The van der Waals surface area contributed by atoms with E-state index < -0.39 is 34.1 Å². The normalized spacial score (nSPS) is 11.1. The second-order valence-corrected chi connectivity index (χ2v) is 7.43. The van der Waals surface area contributed by atoms with Crippen LogP contribution in [0.5, 0.6) is 0 Å². The van der Waals surface area contributed by atoms with Crippen molar-refractivity contribution >= 4 is 50.8 Å². The second kappa shape index (κ2) is 7.32. The first kappa shape index (κ1) is 17.8. The summed E-state index contributed by atoms with van der Waals surface area (Å²) in [6, 6.07) is 5.70. The van der Waals surface area contributed by atoms with Crippen LogP contribution in [0.25, 0.3) is 0 Å². The topological polar surface area (TPSA) is 71.1 Å². The minimum atomic E-state index is -4.57. The molecule has 122 valence electrons. The monoisotopic (exact) mass is 425 g/mol. The SMILES string of the molecule is O=C(NNC(=O)c1cccnc1SC(F)(F)F)c1ccc(Br)s1. The van der Waals surface area contributed by atoms with Gasteiger partial charge in [-0.1, -0.05) is 0 Å². The van der Waals surface area contributed by atoms with Gasteiger partial charge < -0.3 is 0 Å². The van der Waals surface area contributed by atoms with E-state index in [1.54, 1.807) is 6.07 Å². The molecule has 2 aromatic heterocycles. The quantitative estimate of drug-likeness (QED) is 0.582. The number of hydrogen-bond acceptors (Lipinski definition) is 5. The lowest BCUT2D eigenvalue weighted by Gasteiger charge is -2.10. The molecule has 0 saturated carbocycles. The molecule has 2 rings (SSSR count). The average molecular weight is 426 g/mol. The van der Waals surface area contributed by atoms with Crippen LogP contribution in [0.3, 0.4) is 0 Å².